The molecular weight excluding hydrogens is 510 g/mol. The number of hydrogen-bond acceptors (Lipinski definition) is 0. The first-order valence-electron chi connectivity index (χ1n) is 14.4. The fraction of sp³-hybridized carbons (Fsp3) is 0.128. The molecule has 2 aliphatic carbocycles. The molecule has 0 saturated carbocycles. The summed E-state index contributed by atoms with van der Waals surface area (Å²) in [6, 6.07) is 53.5. The first kappa shape index (κ1) is 30.4. The van der Waals surface area contributed by atoms with Gasteiger partial charge in [-0.3, -0.25) is 0 Å². The molecule has 7 rings (SSSR count). The van der Waals surface area contributed by atoms with Crippen LogP contribution in [0.4, 0.5) is 0 Å². The van der Waals surface area contributed by atoms with Crippen LogP contribution in [0.1, 0.15) is 52.8 Å². The van der Waals surface area contributed by atoms with Crippen LogP contribution in [0, 0.1) is 0 Å². The van der Waals surface area contributed by atoms with E-state index in [-0.39, 0.29) is 47.8 Å². The predicted molar refractivity (Wildman–Crippen MR) is 186 cm³/mol. The first-order chi connectivity index (χ1) is 19.7. The molecule has 2 aliphatic rings. The molecule has 0 aromatic heterocycles. The van der Waals surface area contributed by atoms with E-state index in [1.165, 1.54) is 50.1 Å². The predicted octanol–water partition coefficient (Wildman–Crippen LogP) is 7.58. The second-order valence-electron chi connectivity index (χ2n) is 11.4. The van der Waals surface area contributed by atoms with Gasteiger partial charge >= 0.3 is 37.7 Å². The Hall–Kier alpha value is -3.01. The van der Waals surface area contributed by atoms with Crippen molar-refractivity contribution in [2.75, 3.05) is 0 Å². The van der Waals surface area contributed by atoms with Crippen molar-refractivity contribution in [3.63, 3.8) is 0 Å². The molecule has 0 spiro atoms. The van der Waals surface area contributed by atoms with Gasteiger partial charge in [-0.05, 0) is 53.3 Å². The molecule has 0 nitrogen and oxygen atoms in total. The molecule has 0 fully saturated rings. The zero-order valence-electron chi connectivity index (χ0n) is 23.2. The van der Waals surface area contributed by atoms with Crippen molar-refractivity contribution >= 4 is 58.7 Å². The summed E-state index contributed by atoms with van der Waals surface area (Å²) >= 11 is 0. The number of hydrogen-bond donors (Lipinski definition) is 0. The monoisotopic (exact) mass is 546 g/mol. The number of benzene rings is 5. The van der Waals surface area contributed by atoms with Crippen LogP contribution in [0.15, 0.2) is 151 Å². The van der Waals surface area contributed by atoms with Crippen LogP contribution in [0.25, 0.3) is 12.2 Å². The van der Waals surface area contributed by atoms with Gasteiger partial charge in [-0.25, -0.2) is 0 Å². The van der Waals surface area contributed by atoms with Crippen LogP contribution in [-0.4, -0.2) is 46.5 Å². The molecule has 198 valence electrons. The zero-order chi connectivity index (χ0) is 27.2. The summed E-state index contributed by atoms with van der Waals surface area (Å²) in [5.41, 5.74) is 12.9. The van der Waals surface area contributed by atoms with Crippen LogP contribution in [-0.2, 0) is 16.1 Å². The molecule has 0 heterocycles. The van der Waals surface area contributed by atoms with Gasteiger partial charge in [-0.2, -0.15) is 0 Å². The van der Waals surface area contributed by atoms with Crippen molar-refractivity contribution in [1.82, 2.24) is 0 Å². The van der Waals surface area contributed by atoms with E-state index in [0.29, 0.717) is 0 Å². The molecule has 0 N–H and O–H groups in total. The van der Waals surface area contributed by atoms with Crippen LogP contribution >= 0.6 is 0 Å². The first-order valence-corrected chi connectivity index (χ1v) is 16.4. The van der Waals surface area contributed by atoms with Crippen molar-refractivity contribution in [3.05, 3.63) is 190 Å². The Morgan fingerprint density at radius 2 is 0.810 bits per heavy atom. The van der Waals surface area contributed by atoms with E-state index in [1.807, 2.05) is 0 Å². The summed E-state index contributed by atoms with van der Waals surface area (Å²) in [6.07, 6.45) is 4.96. The average Bonchev–Trinajstić information content (AvgIpc) is 3.48. The van der Waals surface area contributed by atoms with Gasteiger partial charge in [0.15, 0.2) is 0 Å². The summed E-state index contributed by atoms with van der Waals surface area (Å²) in [5, 5.41) is -0.369. The molecule has 42 heavy (non-hydrogen) atoms. The molecule has 0 radical (unpaired) electrons. The molecule has 3 heteroatoms. The molecule has 2 atom stereocenters. The minimum atomic E-state index is -2.02. The summed E-state index contributed by atoms with van der Waals surface area (Å²) in [5.74, 6) is 0. The van der Waals surface area contributed by atoms with Gasteiger partial charge < -0.3 is 0 Å². The number of rotatable bonds is 6. The van der Waals surface area contributed by atoms with E-state index >= 15 is 0 Å². The normalized spacial score (nSPS) is 20.7. The number of fused-ring (bicyclic) bond motifs is 2. The summed E-state index contributed by atoms with van der Waals surface area (Å²) in [4.78, 5) is 0. The molecule has 5 aromatic carbocycles. The number of allylic oxidation sites excluding steroid dienone is 2. The Kier molecular flexibility index (Phi) is 8.92. The third-order valence-corrected chi connectivity index (χ3v) is 14.7. The maximum absolute atomic E-state index is 2.48. The standard InChI is InChI=1S/C39H34Si.2Li.2H/c1-29-26-32-18-12-14-24-36(32)38(29,34-20-8-4-9-21-34)40(28-31-16-6-3-7-17-31)39(35-22-10-5-11-23-35)30(2)27-33-19-13-15-25-37(33)39;;;;/h3-27,40H,28H2,1-2H3;;;;. The van der Waals surface area contributed by atoms with Crippen LogP contribution in [0.5, 0.6) is 0 Å². The van der Waals surface area contributed by atoms with Crippen LogP contribution < -0.4 is 0 Å². The quantitative estimate of drug-likeness (QED) is 0.193. The van der Waals surface area contributed by atoms with Crippen molar-refractivity contribution < 1.29 is 0 Å². The molecule has 0 bridgehead atoms. The van der Waals surface area contributed by atoms with E-state index in [0.717, 1.165) is 6.04 Å². The van der Waals surface area contributed by atoms with Gasteiger partial charge in [0.1, 0.15) is 0 Å². The van der Waals surface area contributed by atoms with Gasteiger partial charge in [-0.1, -0.05) is 168 Å². The van der Waals surface area contributed by atoms with E-state index in [9.17, 15) is 0 Å². The Balaban J connectivity index is 0.00000176. The SMILES string of the molecule is CC1=Cc2ccccc2C1(c1ccccc1)[SiH](Cc1ccccc1)C1(c2ccccc2)C(C)=Cc2ccccc21.[LiH].[LiH]. The maximum atomic E-state index is 2.48. The van der Waals surface area contributed by atoms with E-state index in [4.69, 9.17) is 0 Å². The summed E-state index contributed by atoms with van der Waals surface area (Å²) in [7, 11) is -2.02. The van der Waals surface area contributed by atoms with Crippen molar-refractivity contribution in [2.24, 2.45) is 0 Å². The average molecular weight is 547 g/mol. The van der Waals surface area contributed by atoms with E-state index < -0.39 is 8.80 Å². The van der Waals surface area contributed by atoms with Crippen LogP contribution in [0.2, 0.25) is 0 Å². The second-order valence-corrected chi connectivity index (χ2v) is 14.7. The van der Waals surface area contributed by atoms with Gasteiger partial charge in [0, 0.05) is 10.1 Å². The third kappa shape index (κ3) is 4.52. The fourth-order valence-electron chi connectivity index (χ4n) is 8.06. The van der Waals surface area contributed by atoms with Crippen molar-refractivity contribution in [1.29, 1.82) is 0 Å². The minimum absolute atomic E-state index is 0. The molecule has 0 amide bonds. The zero-order valence-corrected chi connectivity index (χ0v) is 24.4. The van der Waals surface area contributed by atoms with Crippen molar-refractivity contribution in [3.8, 4) is 0 Å². The topological polar surface area (TPSA) is 0 Å². The fourth-order valence-corrected chi connectivity index (χ4v) is 13.8. The summed E-state index contributed by atoms with van der Waals surface area (Å²) < 4.78 is 0. The van der Waals surface area contributed by atoms with Crippen LogP contribution in [0.3, 0.4) is 0 Å². The molecular formula is C39H36Li2Si. The molecule has 0 saturated heterocycles. The van der Waals surface area contributed by atoms with Gasteiger partial charge in [-0.15, -0.1) is 0 Å². The van der Waals surface area contributed by atoms with Gasteiger partial charge in [0.05, 0.1) is 8.80 Å². The van der Waals surface area contributed by atoms with E-state index in [2.05, 4.69) is 166 Å². The Bertz CT molecular complexity index is 1630. The van der Waals surface area contributed by atoms with Gasteiger partial charge in [0.25, 0.3) is 0 Å². The third-order valence-electron chi connectivity index (χ3n) is 9.55. The molecule has 0 aliphatic heterocycles. The van der Waals surface area contributed by atoms with E-state index in [1.54, 1.807) is 0 Å². The Morgan fingerprint density at radius 1 is 0.452 bits per heavy atom. The Morgan fingerprint density at radius 3 is 1.24 bits per heavy atom. The summed E-state index contributed by atoms with van der Waals surface area (Å²) in [6.45, 7) is 4.80. The Labute approximate surface area is 276 Å². The molecule has 5 aromatic rings. The molecule has 2 unspecified atom stereocenters. The second kappa shape index (κ2) is 12.3. The van der Waals surface area contributed by atoms with Gasteiger partial charge in [0.2, 0.25) is 0 Å². The van der Waals surface area contributed by atoms with Crippen molar-refractivity contribution in [2.45, 2.75) is 30.0 Å².